The number of aromatic nitrogens is 2. The zero-order chi connectivity index (χ0) is 27.0. The van der Waals surface area contributed by atoms with Crippen molar-refractivity contribution in [2.24, 2.45) is 0 Å². The fourth-order valence-electron chi connectivity index (χ4n) is 5.08. The summed E-state index contributed by atoms with van der Waals surface area (Å²) in [5.41, 5.74) is 7.94. The molecular weight excluding hydrogens is 486 g/mol. The zero-order valence-electron chi connectivity index (χ0n) is 21.4. The van der Waals surface area contributed by atoms with Crippen molar-refractivity contribution in [3.05, 3.63) is 119 Å². The minimum absolute atomic E-state index is 0.543. The van der Waals surface area contributed by atoms with E-state index in [-0.39, 0.29) is 0 Å². The minimum Gasteiger partial charge on any atom is -0.481 e. The Balaban J connectivity index is 1.25. The van der Waals surface area contributed by atoms with Gasteiger partial charge in [0, 0.05) is 28.8 Å². The fourth-order valence-corrected chi connectivity index (χ4v) is 5.08. The highest BCUT2D eigenvalue weighted by molar-refractivity contribution is 5.85. The number of aliphatic carboxylic acids is 1. The summed E-state index contributed by atoms with van der Waals surface area (Å²) < 4.78 is 5.76. The molecule has 3 aromatic carbocycles. The Kier molecular flexibility index (Phi) is 6.05. The van der Waals surface area contributed by atoms with E-state index in [9.17, 15) is 15.2 Å². The summed E-state index contributed by atoms with van der Waals surface area (Å²) in [5.74, 6) is -0.0390. The first-order valence-corrected chi connectivity index (χ1v) is 12.8. The molecule has 6 heteroatoms. The third-order valence-corrected chi connectivity index (χ3v) is 7.55. The Morgan fingerprint density at radius 2 is 1.59 bits per heavy atom. The van der Waals surface area contributed by atoms with Crippen molar-refractivity contribution < 1.29 is 14.4 Å². The van der Waals surface area contributed by atoms with E-state index in [0.717, 1.165) is 50.5 Å². The van der Waals surface area contributed by atoms with Gasteiger partial charge in [-0.25, -0.2) is 0 Å². The lowest BCUT2D eigenvalue weighted by molar-refractivity contribution is -0.140. The second-order valence-corrected chi connectivity index (χ2v) is 9.97. The van der Waals surface area contributed by atoms with Gasteiger partial charge in [-0.15, -0.1) is 0 Å². The molecule has 2 heterocycles. The van der Waals surface area contributed by atoms with Gasteiger partial charge in [-0.1, -0.05) is 78.0 Å². The van der Waals surface area contributed by atoms with Gasteiger partial charge in [0.2, 0.25) is 0 Å². The van der Waals surface area contributed by atoms with E-state index in [1.165, 1.54) is 0 Å². The van der Waals surface area contributed by atoms with Gasteiger partial charge in [0.05, 0.1) is 28.4 Å². The lowest BCUT2D eigenvalue weighted by atomic mass is 9.93. The molecule has 190 valence electrons. The second kappa shape index (κ2) is 9.70. The first-order valence-electron chi connectivity index (χ1n) is 12.8. The van der Waals surface area contributed by atoms with Crippen molar-refractivity contribution in [3.63, 3.8) is 0 Å². The van der Waals surface area contributed by atoms with Crippen LogP contribution < -0.4 is 0 Å². The molecule has 0 aliphatic heterocycles. The molecule has 0 radical (unpaired) electrons. The molecule has 39 heavy (non-hydrogen) atoms. The molecule has 1 saturated carbocycles. The predicted molar refractivity (Wildman–Crippen MR) is 148 cm³/mol. The van der Waals surface area contributed by atoms with Crippen LogP contribution in [-0.2, 0) is 16.6 Å². The summed E-state index contributed by atoms with van der Waals surface area (Å²) in [6.07, 6.45) is 1.94. The predicted octanol–water partition coefficient (Wildman–Crippen LogP) is 6.96. The maximum absolute atomic E-state index is 11.6. The quantitative estimate of drug-likeness (QED) is 0.254. The number of carboxylic acid groups (broad SMARTS) is 1. The first kappa shape index (κ1) is 24.3. The van der Waals surface area contributed by atoms with Gasteiger partial charge < -0.3 is 9.63 Å². The second-order valence-electron chi connectivity index (χ2n) is 9.97. The number of hydrogen-bond donors (Lipinski definition) is 1. The van der Waals surface area contributed by atoms with Gasteiger partial charge in [0.25, 0.3) is 0 Å². The van der Waals surface area contributed by atoms with Crippen LogP contribution in [-0.4, -0.2) is 21.2 Å². The van der Waals surface area contributed by atoms with Gasteiger partial charge in [0.1, 0.15) is 0 Å². The number of nitriles is 1. The van der Waals surface area contributed by atoms with Crippen LogP contribution >= 0.6 is 0 Å². The van der Waals surface area contributed by atoms with Gasteiger partial charge in [0.15, 0.2) is 5.76 Å². The highest BCUT2D eigenvalue weighted by Gasteiger charge is 2.51. The number of hydrogen-bond acceptors (Lipinski definition) is 5. The van der Waals surface area contributed by atoms with E-state index < -0.39 is 11.4 Å². The average molecular weight is 512 g/mol. The lowest BCUT2D eigenvalue weighted by Crippen LogP contribution is -2.19. The largest absolute Gasteiger partial charge is 0.481 e. The number of rotatable bonds is 7. The molecule has 0 unspecified atom stereocenters. The molecule has 1 fully saturated rings. The molecule has 0 atom stereocenters. The molecule has 0 spiro atoms. The molecule has 6 nitrogen and oxygen atoms in total. The summed E-state index contributed by atoms with van der Waals surface area (Å²) in [7, 11) is 0. The Hall–Kier alpha value is -5.02. The standard InChI is InChI=1S/C33H25N3O3/c1-21-29(19-27-6-4-8-30(35-27)28-7-3-2-5-25(28)20-34)31(39-36-21)24-11-9-22(10-12-24)23-13-15-26(16-14-23)33(17-18-33)32(37)38/h2-16H,17-19H2,1H3,(H,37,38). The fraction of sp³-hybridized carbons (Fsp3) is 0.152. The topological polar surface area (TPSA) is 100 Å². The molecular formula is C33H25N3O3. The van der Waals surface area contributed by atoms with E-state index >= 15 is 0 Å². The normalized spacial score (nSPS) is 13.5. The average Bonchev–Trinajstić information content (AvgIpc) is 3.72. The van der Waals surface area contributed by atoms with Crippen molar-refractivity contribution in [1.82, 2.24) is 10.1 Å². The third kappa shape index (κ3) is 4.49. The summed E-state index contributed by atoms with van der Waals surface area (Å²) >= 11 is 0. The summed E-state index contributed by atoms with van der Waals surface area (Å²) in [5, 5.41) is 23.3. The Labute approximate surface area is 226 Å². The molecule has 6 rings (SSSR count). The Bertz CT molecular complexity index is 1720. The number of carboxylic acids is 1. The monoisotopic (exact) mass is 511 g/mol. The van der Waals surface area contributed by atoms with Crippen molar-refractivity contribution in [2.45, 2.75) is 31.6 Å². The van der Waals surface area contributed by atoms with Crippen LogP contribution in [0.1, 0.15) is 40.9 Å². The van der Waals surface area contributed by atoms with Crippen LogP contribution in [0.15, 0.2) is 95.5 Å². The molecule has 0 amide bonds. The molecule has 1 N–H and O–H groups in total. The maximum atomic E-state index is 11.6. The first-order chi connectivity index (χ1) is 19.0. The van der Waals surface area contributed by atoms with Crippen LogP contribution in [0.5, 0.6) is 0 Å². The van der Waals surface area contributed by atoms with E-state index in [4.69, 9.17) is 9.51 Å². The molecule has 1 aliphatic rings. The summed E-state index contributed by atoms with van der Waals surface area (Å²) in [4.78, 5) is 16.5. The Morgan fingerprint density at radius 3 is 2.26 bits per heavy atom. The maximum Gasteiger partial charge on any atom is 0.314 e. The van der Waals surface area contributed by atoms with Crippen molar-refractivity contribution >= 4 is 5.97 Å². The molecule has 5 aromatic rings. The number of pyridine rings is 1. The highest BCUT2D eigenvalue weighted by atomic mass is 16.5. The highest BCUT2D eigenvalue weighted by Crippen LogP contribution is 2.48. The van der Waals surface area contributed by atoms with Crippen molar-refractivity contribution in [1.29, 1.82) is 5.26 Å². The van der Waals surface area contributed by atoms with E-state index in [2.05, 4.69) is 11.2 Å². The van der Waals surface area contributed by atoms with Gasteiger partial charge in [-0.3, -0.25) is 9.78 Å². The van der Waals surface area contributed by atoms with E-state index in [1.807, 2.05) is 91.9 Å². The smallest absolute Gasteiger partial charge is 0.314 e. The van der Waals surface area contributed by atoms with Gasteiger partial charge in [-0.2, -0.15) is 5.26 Å². The molecule has 0 bridgehead atoms. The van der Waals surface area contributed by atoms with Crippen LogP contribution in [0.2, 0.25) is 0 Å². The minimum atomic E-state index is -0.744. The van der Waals surface area contributed by atoms with Crippen molar-refractivity contribution in [2.75, 3.05) is 0 Å². The number of carbonyl (C=O) groups is 1. The van der Waals surface area contributed by atoms with Gasteiger partial charge >= 0.3 is 5.97 Å². The summed E-state index contributed by atoms with van der Waals surface area (Å²) in [6.45, 7) is 1.93. The number of benzene rings is 3. The van der Waals surface area contributed by atoms with Crippen LogP contribution in [0.25, 0.3) is 33.7 Å². The lowest BCUT2D eigenvalue weighted by Gasteiger charge is -2.11. The molecule has 0 saturated heterocycles. The SMILES string of the molecule is Cc1noc(-c2ccc(-c3ccc(C4(C(=O)O)CC4)cc3)cc2)c1Cc1cccc(-c2ccccc2C#N)n1. The van der Waals surface area contributed by atoms with Crippen molar-refractivity contribution in [3.8, 4) is 39.8 Å². The molecule has 2 aromatic heterocycles. The van der Waals surface area contributed by atoms with Crippen LogP contribution in [0, 0.1) is 18.3 Å². The van der Waals surface area contributed by atoms with Gasteiger partial charge in [-0.05, 0) is 54.7 Å². The molecule has 1 aliphatic carbocycles. The third-order valence-electron chi connectivity index (χ3n) is 7.55. The summed E-state index contributed by atoms with van der Waals surface area (Å²) in [6, 6.07) is 31.5. The van der Waals surface area contributed by atoms with E-state index in [0.29, 0.717) is 30.6 Å². The zero-order valence-corrected chi connectivity index (χ0v) is 21.4. The van der Waals surface area contributed by atoms with Crippen LogP contribution in [0.3, 0.4) is 0 Å². The Morgan fingerprint density at radius 1 is 0.923 bits per heavy atom. The number of nitrogens with zero attached hydrogens (tertiary/aromatic N) is 3. The van der Waals surface area contributed by atoms with E-state index in [1.54, 1.807) is 6.07 Å². The number of aryl methyl sites for hydroxylation is 1. The van der Waals surface area contributed by atoms with Crippen LogP contribution in [0.4, 0.5) is 0 Å².